The fraction of sp³-hybridized carbons (Fsp3) is 0.143. The van der Waals surface area contributed by atoms with Crippen LogP contribution in [0.5, 0.6) is 0 Å². The Kier molecular flexibility index (Phi) is 3.75. The van der Waals surface area contributed by atoms with Crippen LogP contribution < -0.4 is 4.90 Å². The minimum atomic E-state index is -1.00. The highest BCUT2D eigenvalue weighted by Crippen LogP contribution is 2.16. The van der Waals surface area contributed by atoms with Gasteiger partial charge in [-0.05, 0) is 36.4 Å². The second-order valence-corrected chi connectivity index (χ2v) is 4.14. The number of carboxylic acid groups (broad SMARTS) is 1. The third kappa shape index (κ3) is 3.07. The number of rotatable bonds is 4. The molecule has 0 unspecified atom stereocenters. The van der Waals surface area contributed by atoms with Gasteiger partial charge in [-0.25, -0.2) is 9.18 Å². The summed E-state index contributed by atoms with van der Waals surface area (Å²) in [6.07, 6.45) is 1.56. The van der Waals surface area contributed by atoms with Gasteiger partial charge in [0.1, 0.15) is 5.82 Å². The van der Waals surface area contributed by atoms with Gasteiger partial charge in [0.05, 0.1) is 17.8 Å². The average molecular weight is 260 g/mol. The molecule has 4 nitrogen and oxygen atoms in total. The number of carboxylic acids is 1. The van der Waals surface area contributed by atoms with Crippen molar-refractivity contribution in [2.24, 2.45) is 0 Å². The monoisotopic (exact) mass is 260 g/mol. The summed E-state index contributed by atoms with van der Waals surface area (Å²) in [6, 6.07) is 9.11. The Morgan fingerprint density at radius 1 is 1.32 bits per heavy atom. The number of aromatic nitrogens is 1. The number of pyridine rings is 1. The van der Waals surface area contributed by atoms with Crippen LogP contribution in [0.15, 0.2) is 42.6 Å². The molecule has 0 saturated carbocycles. The molecule has 0 amide bonds. The fourth-order valence-corrected chi connectivity index (χ4v) is 1.77. The topological polar surface area (TPSA) is 53.4 Å². The molecule has 0 atom stereocenters. The molecule has 2 rings (SSSR count). The molecule has 0 saturated heterocycles. The maximum Gasteiger partial charge on any atom is 0.337 e. The van der Waals surface area contributed by atoms with Crippen LogP contribution in [-0.4, -0.2) is 23.1 Å². The van der Waals surface area contributed by atoms with Gasteiger partial charge in [-0.15, -0.1) is 0 Å². The molecular formula is C14H13FN2O2. The molecule has 0 radical (unpaired) electrons. The van der Waals surface area contributed by atoms with Gasteiger partial charge in [-0.2, -0.15) is 0 Å². The zero-order valence-corrected chi connectivity index (χ0v) is 10.4. The highest BCUT2D eigenvalue weighted by atomic mass is 19.1. The zero-order valence-electron chi connectivity index (χ0n) is 10.4. The van der Waals surface area contributed by atoms with Crippen LogP contribution in [0.4, 0.5) is 10.1 Å². The molecule has 0 aliphatic rings. The molecule has 0 bridgehead atoms. The van der Waals surface area contributed by atoms with E-state index >= 15 is 0 Å². The van der Waals surface area contributed by atoms with Crippen molar-refractivity contribution in [2.45, 2.75) is 6.54 Å². The number of carbonyl (C=O) groups is 1. The predicted octanol–water partition coefficient (Wildman–Crippen LogP) is 2.56. The zero-order chi connectivity index (χ0) is 13.8. The third-order valence-electron chi connectivity index (χ3n) is 2.77. The summed E-state index contributed by atoms with van der Waals surface area (Å²) in [5.74, 6) is -1.31. The van der Waals surface area contributed by atoms with E-state index in [1.165, 1.54) is 18.2 Å². The molecule has 0 aliphatic carbocycles. The van der Waals surface area contributed by atoms with E-state index in [4.69, 9.17) is 5.11 Å². The van der Waals surface area contributed by atoms with Crippen molar-refractivity contribution in [2.75, 3.05) is 11.9 Å². The van der Waals surface area contributed by atoms with E-state index in [1.54, 1.807) is 31.4 Å². The first-order valence-corrected chi connectivity index (χ1v) is 5.72. The number of aromatic carboxylic acids is 1. The maximum absolute atomic E-state index is 12.8. The minimum absolute atomic E-state index is 0.177. The fourth-order valence-electron chi connectivity index (χ4n) is 1.77. The lowest BCUT2D eigenvalue weighted by molar-refractivity contribution is 0.0695. The van der Waals surface area contributed by atoms with Gasteiger partial charge in [-0.1, -0.05) is 0 Å². The summed E-state index contributed by atoms with van der Waals surface area (Å²) in [5, 5.41) is 9.08. The summed E-state index contributed by atoms with van der Waals surface area (Å²) in [5.41, 5.74) is 1.45. The summed E-state index contributed by atoms with van der Waals surface area (Å²) in [4.78, 5) is 17.0. The lowest BCUT2D eigenvalue weighted by Gasteiger charge is -2.19. The maximum atomic E-state index is 12.8. The van der Waals surface area contributed by atoms with Crippen molar-refractivity contribution < 1.29 is 14.3 Å². The lowest BCUT2D eigenvalue weighted by atomic mass is 10.2. The van der Waals surface area contributed by atoms with Gasteiger partial charge >= 0.3 is 5.97 Å². The van der Waals surface area contributed by atoms with E-state index in [9.17, 15) is 9.18 Å². The number of anilines is 1. The van der Waals surface area contributed by atoms with Crippen LogP contribution in [0.1, 0.15) is 16.1 Å². The lowest BCUT2D eigenvalue weighted by Crippen LogP contribution is -2.19. The summed E-state index contributed by atoms with van der Waals surface area (Å²) < 4.78 is 12.8. The molecule has 2 aromatic rings. The van der Waals surface area contributed by atoms with Crippen molar-refractivity contribution in [1.82, 2.24) is 4.98 Å². The smallest absolute Gasteiger partial charge is 0.337 e. The number of halogens is 1. The van der Waals surface area contributed by atoms with Crippen LogP contribution in [0, 0.1) is 5.82 Å². The molecule has 19 heavy (non-hydrogen) atoms. The van der Waals surface area contributed by atoms with E-state index in [0.29, 0.717) is 12.2 Å². The Hall–Kier alpha value is -2.43. The number of hydrogen-bond acceptors (Lipinski definition) is 3. The average Bonchev–Trinajstić information content (AvgIpc) is 2.39. The van der Waals surface area contributed by atoms with E-state index in [1.807, 2.05) is 4.90 Å². The number of nitrogens with zero attached hydrogens (tertiary/aromatic N) is 2. The second kappa shape index (κ2) is 5.48. The van der Waals surface area contributed by atoms with Crippen LogP contribution in [0.25, 0.3) is 0 Å². The summed E-state index contributed by atoms with van der Waals surface area (Å²) >= 11 is 0. The summed E-state index contributed by atoms with van der Waals surface area (Å²) in [6.45, 7) is 0.341. The van der Waals surface area contributed by atoms with Crippen molar-refractivity contribution in [3.8, 4) is 0 Å². The quantitative estimate of drug-likeness (QED) is 0.917. The van der Waals surface area contributed by atoms with Gasteiger partial charge in [0.15, 0.2) is 0 Å². The van der Waals surface area contributed by atoms with Gasteiger partial charge in [0.25, 0.3) is 0 Å². The van der Waals surface area contributed by atoms with E-state index in [0.717, 1.165) is 5.69 Å². The Morgan fingerprint density at radius 3 is 2.63 bits per heavy atom. The molecule has 0 fully saturated rings. The number of hydrogen-bond donors (Lipinski definition) is 1. The standard InChI is InChI=1S/C14H13FN2O2/c1-17(11-6-4-10(15)5-7-11)9-13-12(14(18)19)3-2-8-16-13/h2-8H,9H2,1H3,(H,18,19). The van der Waals surface area contributed by atoms with Crippen molar-refractivity contribution >= 4 is 11.7 Å². The Labute approximate surface area is 110 Å². The molecule has 0 spiro atoms. The van der Waals surface area contributed by atoms with E-state index in [-0.39, 0.29) is 11.4 Å². The highest BCUT2D eigenvalue weighted by molar-refractivity contribution is 5.88. The Morgan fingerprint density at radius 2 is 2.00 bits per heavy atom. The van der Waals surface area contributed by atoms with Gasteiger partial charge in [0.2, 0.25) is 0 Å². The Bertz CT molecular complexity index is 584. The highest BCUT2D eigenvalue weighted by Gasteiger charge is 2.12. The normalized spacial score (nSPS) is 10.2. The van der Waals surface area contributed by atoms with Gasteiger partial charge < -0.3 is 10.0 Å². The predicted molar refractivity (Wildman–Crippen MR) is 69.7 cm³/mol. The van der Waals surface area contributed by atoms with E-state index in [2.05, 4.69) is 4.98 Å². The second-order valence-electron chi connectivity index (χ2n) is 4.14. The first kappa shape index (κ1) is 13.0. The third-order valence-corrected chi connectivity index (χ3v) is 2.77. The molecule has 1 heterocycles. The molecule has 0 aliphatic heterocycles. The SMILES string of the molecule is CN(Cc1ncccc1C(=O)O)c1ccc(F)cc1. The van der Waals surface area contributed by atoms with Crippen LogP contribution >= 0.6 is 0 Å². The molecule has 1 aromatic heterocycles. The summed E-state index contributed by atoms with van der Waals surface area (Å²) in [7, 11) is 1.80. The first-order valence-electron chi connectivity index (χ1n) is 5.72. The van der Waals surface area contributed by atoms with Crippen LogP contribution in [0.2, 0.25) is 0 Å². The van der Waals surface area contributed by atoms with Crippen molar-refractivity contribution in [1.29, 1.82) is 0 Å². The first-order chi connectivity index (χ1) is 9.08. The molecule has 5 heteroatoms. The molecule has 98 valence electrons. The number of benzene rings is 1. The van der Waals surface area contributed by atoms with E-state index < -0.39 is 5.97 Å². The Balaban J connectivity index is 2.21. The van der Waals surface area contributed by atoms with Crippen molar-refractivity contribution in [3.05, 3.63) is 59.7 Å². The molecule has 1 N–H and O–H groups in total. The van der Waals surface area contributed by atoms with Crippen molar-refractivity contribution in [3.63, 3.8) is 0 Å². The van der Waals surface area contributed by atoms with Gasteiger partial charge in [0, 0.05) is 18.9 Å². The molecule has 1 aromatic carbocycles. The largest absolute Gasteiger partial charge is 0.478 e. The van der Waals surface area contributed by atoms with Crippen LogP contribution in [0.3, 0.4) is 0 Å². The minimum Gasteiger partial charge on any atom is -0.478 e. The molecular weight excluding hydrogens is 247 g/mol. The van der Waals surface area contributed by atoms with Crippen LogP contribution in [-0.2, 0) is 6.54 Å². The van der Waals surface area contributed by atoms with Gasteiger partial charge in [-0.3, -0.25) is 4.98 Å².